The van der Waals surface area contributed by atoms with E-state index in [-0.39, 0.29) is 0 Å². The van der Waals surface area contributed by atoms with Crippen molar-refractivity contribution in [3.05, 3.63) is 24.4 Å². The molecular weight excluding hydrogens is 238 g/mol. The summed E-state index contributed by atoms with van der Waals surface area (Å²) in [5.41, 5.74) is 0. The van der Waals surface area contributed by atoms with Gasteiger partial charge < -0.3 is 4.43 Å². The van der Waals surface area contributed by atoms with E-state index < -0.39 is 9.04 Å². The molecule has 0 saturated heterocycles. The summed E-state index contributed by atoms with van der Waals surface area (Å²) >= 11 is 0. The van der Waals surface area contributed by atoms with Crippen molar-refractivity contribution in [1.82, 2.24) is 4.98 Å². The molecule has 1 aromatic heterocycles. The van der Waals surface area contributed by atoms with Crippen LogP contribution in [0.15, 0.2) is 24.4 Å². The quantitative estimate of drug-likeness (QED) is 0.735. The van der Waals surface area contributed by atoms with Gasteiger partial charge in [-0.25, -0.2) is 0 Å². The van der Waals surface area contributed by atoms with Crippen molar-refractivity contribution in [3.63, 3.8) is 0 Å². The molecule has 1 heterocycles. The van der Waals surface area contributed by atoms with Crippen molar-refractivity contribution in [3.8, 4) is 0 Å². The number of hydrogen-bond donors (Lipinski definition) is 0. The number of pyridine rings is 1. The highest BCUT2D eigenvalue weighted by atomic mass is 28.3. The summed E-state index contributed by atoms with van der Waals surface area (Å²) in [4.78, 5) is 4.50. The molecule has 1 aromatic rings. The minimum absolute atomic E-state index is 0.685. The number of aromatic nitrogens is 1. The Bertz CT molecular complexity index is 336. The molecule has 18 heavy (non-hydrogen) atoms. The lowest BCUT2D eigenvalue weighted by Gasteiger charge is -2.19. The molecule has 99 valence electrons. The summed E-state index contributed by atoms with van der Waals surface area (Å²) < 4.78 is 6.26. The van der Waals surface area contributed by atoms with Gasteiger partial charge in [0.25, 0.3) is 9.04 Å². The summed E-state index contributed by atoms with van der Waals surface area (Å²) in [6.07, 6.45) is 7.39. The van der Waals surface area contributed by atoms with Gasteiger partial charge in [-0.15, -0.1) is 0 Å². The van der Waals surface area contributed by atoms with E-state index in [2.05, 4.69) is 31.0 Å². The monoisotopic (exact) mass is 262 g/mol. The minimum atomic E-state index is -0.920. The summed E-state index contributed by atoms with van der Waals surface area (Å²) in [6, 6.07) is 7.35. The van der Waals surface area contributed by atoms with Crippen molar-refractivity contribution in [2.24, 2.45) is 11.8 Å². The van der Waals surface area contributed by atoms with Crippen molar-refractivity contribution in [1.29, 1.82) is 0 Å². The second kappa shape index (κ2) is 7.05. The molecule has 1 aliphatic carbocycles. The molecule has 1 saturated carbocycles. The molecule has 0 bridgehead atoms. The fourth-order valence-corrected chi connectivity index (χ4v) is 4.69. The predicted molar refractivity (Wildman–Crippen MR) is 77.2 cm³/mol. The van der Waals surface area contributed by atoms with Crippen LogP contribution in [0.2, 0.25) is 6.04 Å². The molecular formula is C15H24NOSi. The molecule has 0 N–H and O–H groups in total. The molecule has 1 radical (unpaired) electrons. The highest BCUT2D eigenvalue weighted by molar-refractivity contribution is 6.66. The van der Waals surface area contributed by atoms with E-state index in [0.717, 1.165) is 18.6 Å². The third kappa shape index (κ3) is 4.21. The fourth-order valence-electron chi connectivity index (χ4n) is 2.53. The molecule has 0 spiro atoms. The van der Waals surface area contributed by atoms with Crippen molar-refractivity contribution < 1.29 is 4.43 Å². The van der Waals surface area contributed by atoms with Crippen LogP contribution in [0.3, 0.4) is 0 Å². The molecule has 0 aromatic carbocycles. The van der Waals surface area contributed by atoms with Crippen molar-refractivity contribution >= 4 is 14.4 Å². The van der Waals surface area contributed by atoms with Gasteiger partial charge in [-0.05, 0) is 42.9 Å². The van der Waals surface area contributed by atoms with Gasteiger partial charge in [-0.1, -0.05) is 32.8 Å². The van der Waals surface area contributed by atoms with Gasteiger partial charge in [0, 0.05) is 12.8 Å². The van der Waals surface area contributed by atoms with Crippen LogP contribution in [0, 0.1) is 11.8 Å². The Morgan fingerprint density at radius 3 is 2.72 bits per heavy atom. The predicted octanol–water partition coefficient (Wildman–Crippen LogP) is 3.14. The van der Waals surface area contributed by atoms with Gasteiger partial charge in [-0.2, -0.15) is 0 Å². The molecule has 1 fully saturated rings. The second-order valence-electron chi connectivity index (χ2n) is 5.70. The highest BCUT2D eigenvalue weighted by Gasteiger charge is 2.22. The van der Waals surface area contributed by atoms with Crippen LogP contribution in [0.5, 0.6) is 0 Å². The fraction of sp³-hybridized carbons (Fsp3) is 0.667. The maximum absolute atomic E-state index is 6.26. The van der Waals surface area contributed by atoms with Gasteiger partial charge in [0.1, 0.15) is 0 Å². The van der Waals surface area contributed by atoms with Crippen molar-refractivity contribution in [2.75, 3.05) is 6.61 Å². The zero-order valence-electron chi connectivity index (χ0n) is 11.6. The van der Waals surface area contributed by atoms with Crippen LogP contribution >= 0.6 is 0 Å². The average Bonchev–Trinajstić information content (AvgIpc) is 2.88. The molecule has 2 nitrogen and oxygen atoms in total. The van der Waals surface area contributed by atoms with Gasteiger partial charge >= 0.3 is 0 Å². The summed E-state index contributed by atoms with van der Waals surface area (Å²) in [5.74, 6) is 1.49. The van der Waals surface area contributed by atoms with Crippen LogP contribution in [0.1, 0.15) is 39.5 Å². The largest absolute Gasteiger partial charge is 0.410 e. The first-order valence-corrected chi connectivity index (χ1v) is 8.77. The maximum atomic E-state index is 6.26. The lowest BCUT2D eigenvalue weighted by atomic mass is 10.1. The van der Waals surface area contributed by atoms with Crippen LogP contribution < -0.4 is 5.32 Å². The van der Waals surface area contributed by atoms with E-state index in [9.17, 15) is 0 Å². The Labute approximate surface area is 113 Å². The van der Waals surface area contributed by atoms with Gasteiger partial charge in [0.2, 0.25) is 0 Å². The van der Waals surface area contributed by atoms with E-state index >= 15 is 0 Å². The SMILES string of the molecule is CC(C)C[Si](OCC1CCCC1)c1ccccn1. The molecule has 0 unspecified atom stereocenters. The topological polar surface area (TPSA) is 22.1 Å². The van der Waals surface area contributed by atoms with Crippen LogP contribution in [0.25, 0.3) is 0 Å². The lowest BCUT2D eigenvalue weighted by molar-refractivity contribution is 0.254. The third-order valence-electron chi connectivity index (χ3n) is 3.51. The number of rotatable bonds is 6. The van der Waals surface area contributed by atoms with Gasteiger partial charge in [0.15, 0.2) is 0 Å². The van der Waals surface area contributed by atoms with Crippen LogP contribution in [0.4, 0.5) is 0 Å². The smallest absolute Gasteiger partial charge is 0.266 e. The zero-order valence-corrected chi connectivity index (χ0v) is 12.6. The Kier molecular flexibility index (Phi) is 5.38. The summed E-state index contributed by atoms with van der Waals surface area (Å²) in [6.45, 7) is 5.50. The lowest BCUT2D eigenvalue weighted by Crippen LogP contribution is -2.38. The average molecular weight is 262 g/mol. The van der Waals surface area contributed by atoms with Crippen LogP contribution in [-0.4, -0.2) is 20.6 Å². The normalized spacial score (nSPS) is 16.9. The highest BCUT2D eigenvalue weighted by Crippen LogP contribution is 2.25. The van der Waals surface area contributed by atoms with Gasteiger partial charge in [-0.3, -0.25) is 4.98 Å². The first kappa shape index (κ1) is 13.8. The van der Waals surface area contributed by atoms with E-state index in [0.29, 0.717) is 5.92 Å². The molecule has 0 amide bonds. The Hall–Kier alpha value is -0.673. The first-order valence-electron chi connectivity index (χ1n) is 7.15. The first-order chi connectivity index (χ1) is 8.75. The summed E-state index contributed by atoms with van der Waals surface area (Å²) in [7, 11) is -0.920. The zero-order chi connectivity index (χ0) is 12.8. The maximum Gasteiger partial charge on any atom is 0.266 e. The van der Waals surface area contributed by atoms with E-state index in [1.165, 1.54) is 31.0 Å². The number of nitrogens with zero attached hydrogens (tertiary/aromatic N) is 1. The number of hydrogen-bond acceptors (Lipinski definition) is 2. The second-order valence-corrected chi connectivity index (χ2v) is 7.75. The van der Waals surface area contributed by atoms with E-state index in [1.54, 1.807) is 0 Å². The molecule has 2 rings (SSSR count). The minimum Gasteiger partial charge on any atom is -0.410 e. The summed E-state index contributed by atoms with van der Waals surface area (Å²) in [5, 5.41) is 1.19. The van der Waals surface area contributed by atoms with Crippen molar-refractivity contribution in [2.45, 2.75) is 45.6 Å². The van der Waals surface area contributed by atoms with Gasteiger partial charge in [0.05, 0.1) is 5.32 Å². The van der Waals surface area contributed by atoms with E-state index in [4.69, 9.17) is 4.43 Å². The molecule has 3 heteroatoms. The third-order valence-corrected chi connectivity index (χ3v) is 6.08. The molecule has 0 aliphatic heterocycles. The Balaban J connectivity index is 1.92. The van der Waals surface area contributed by atoms with Crippen LogP contribution in [-0.2, 0) is 4.43 Å². The van der Waals surface area contributed by atoms with E-state index in [1.807, 2.05) is 12.3 Å². The Morgan fingerprint density at radius 2 is 2.11 bits per heavy atom. The standard InChI is InChI=1S/C15H24NOSi/c1-13(2)12-18(15-9-5-6-10-16-15)17-11-14-7-3-4-8-14/h5-6,9-10,13-14H,3-4,7-8,11-12H2,1-2H3. The Morgan fingerprint density at radius 1 is 1.33 bits per heavy atom. The molecule has 0 atom stereocenters. The molecule has 1 aliphatic rings.